The van der Waals surface area contributed by atoms with Gasteiger partial charge < -0.3 is 24.8 Å². The number of anilines is 1. The molecular formula is C19H22N2O6S. The standard InChI is InChI=1S/C19H22N2O6S/c1-12(18(23)21-15-10-14(25-2)4-5-16(15)26-3)27-17(22)6-8-20-19(24)13-7-9-28-11-13/h4-5,7,9-12H,6,8H2,1-3H3,(H,20,24)(H,21,23). The number of benzene rings is 1. The number of esters is 1. The van der Waals surface area contributed by atoms with Gasteiger partial charge in [0.15, 0.2) is 6.10 Å². The third kappa shape index (κ3) is 5.98. The van der Waals surface area contributed by atoms with E-state index < -0.39 is 18.0 Å². The number of carbonyl (C=O) groups excluding carboxylic acids is 3. The average Bonchev–Trinajstić information content (AvgIpc) is 3.22. The molecule has 0 aliphatic carbocycles. The summed E-state index contributed by atoms with van der Waals surface area (Å²) in [5.74, 6) is -0.371. The highest BCUT2D eigenvalue weighted by Gasteiger charge is 2.19. The second kappa shape index (κ2) is 10.3. The molecule has 0 bridgehead atoms. The Labute approximate surface area is 166 Å². The fourth-order valence-electron chi connectivity index (χ4n) is 2.23. The molecule has 0 saturated heterocycles. The van der Waals surface area contributed by atoms with E-state index >= 15 is 0 Å². The van der Waals surface area contributed by atoms with Gasteiger partial charge in [-0.25, -0.2) is 0 Å². The Kier molecular flexibility index (Phi) is 7.82. The van der Waals surface area contributed by atoms with E-state index in [2.05, 4.69) is 10.6 Å². The molecule has 1 heterocycles. The van der Waals surface area contributed by atoms with Crippen molar-refractivity contribution < 1.29 is 28.6 Å². The van der Waals surface area contributed by atoms with Crippen molar-refractivity contribution >= 4 is 34.8 Å². The first-order chi connectivity index (χ1) is 13.4. The van der Waals surface area contributed by atoms with Crippen LogP contribution in [0.15, 0.2) is 35.0 Å². The van der Waals surface area contributed by atoms with Crippen LogP contribution in [0.3, 0.4) is 0 Å². The van der Waals surface area contributed by atoms with E-state index in [1.807, 2.05) is 0 Å². The molecule has 0 fully saturated rings. The lowest BCUT2D eigenvalue weighted by Crippen LogP contribution is -2.32. The smallest absolute Gasteiger partial charge is 0.308 e. The van der Waals surface area contributed by atoms with Crippen LogP contribution in [-0.2, 0) is 14.3 Å². The third-order valence-corrected chi connectivity index (χ3v) is 4.42. The van der Waals surface area contributed by atoms with Crippen molar-refractivity contribution in [3.63, 3.8) is 0 Å². The summed E-state index contributed by atoms with van der Waals surface area (Å²) in [6.45, 7) is 1.58. The maximum absolute atomic E-state index is 12.3. The van der Waals surface area contributed by atoms with E-state index in [4.69, 9.17) is 14.2 Å². The summed E-state index contributed by atoms with van der Waals surface area (Å²) in [5, 5.41) is 8.77. The van der Waals surface area contributed by atoms with Crippen molar-refractivity contribution in [2.24, 2.45) is 0 Å². The average molecular weight is 406 g/mol. The van der Waals surface area contributed by atoms with E-state index in [1.54, 1.807) is 35.0 Å². The van der Waals surface area contributed by atoms with Gasteiger partial charge in [0.25, 0.3) is 11.8 Å². The number of hydrogen-bond acceptors (Lipinski definition) is 7. The molecule has 0 aliphatic rings. The molecule has 8 nitrogen and oxygen atoms in total. The highest BCUT2D eigenvalue weighted by Crippen LogP contribution is 2.29. The van der Waals surface area contributed by atoms with Gasteiger partial charge in [-0.3, -0.25) is 14.4 Å². The minimum absolute atomic E-state index is 0.0457. The number of amides is 2. The molecule has 1 aromatic heterocycles. The lowest BCUT2D eigenvalue weighted by molar-refractivity contribution is -0.153. The Hall–Kier alpha value is -3.07. The lowest BCUT2D eigenvalue weighted by atomic mass is 10.2. The normalized spacial score (nSPS) is 11.2. The summed E-state index contributed by atoms with van der Waals surface area (Å²) < 4.78 is 15.4. The van der Waals surface area contributed by atoms with Crippen LogP contribution in [0, 0.1) is 0 Å². The minimum Gasteiger partial charge on any atom is -0.497 e. The molecule has 0 radical (unpaired) electrons. The number of carbonyl (C=O) groups is 3. The summed E-state index contributed by atoms with van der Waals surface area (Å²) >= 11 is 1.41. The van der Waals surface area contributed by atoms with Gasteiger partial charge in [-0.15, -0.1) is 0 Å². The Morgan fingerprint density at radius 1 is 1.14 bits per heavy atom. The predicted octanol–water partition coefficient (Wildman–Crippen LogP) is 2.46. The fourth-order valence-corrected chi connectivity index (χ4v) is 2.87. The van der Waals surface area contributed by atoms with Gasteiger partial charge in [-0.2, -0.15) is 11.3 Å². The quantitative estimate of drug-likeness (QED) is 0.620. The maximum Gasteiger partial charge on any atom is 0.308 e. The Bertz CT molecular complexity index is 822. The molecule has 2 N–H and O–H groups in total. The third-order valence-electron chi connectivity index (χ3n) is 3.74. The summed E-state index contributed by atoms with van der Waals surface area (Å²) in [5.41, 5.74) is 0.941. The van der Waals surface area contributed by atoms with Crippen molar-refractivity contribution in [1.29, 1.82) is 0 Å². The first-order valence-corrected chi connectivity index (χ1v) is 9.41. The molecule has 150 valence electrons. The summed E-state index contributed by atoms with van der Waals surface area (Å²) in [7, 11) is 2.99. The fraction of sp³-hybridized carbons (Fsp3) is 0.316. The Morgan fingerprint density at radius 2 is 1.93 bits per heavy atom. The number of thiophene rings is 1. The SMILES string of the molecule is COc1ccc(OC)c(NC(=O)C(C)OC(=O)CCNC(=O)c2ccsc2)c1. The Balaban J connectivity index is 1.81. The van der Waals surface area contributed by atoms with Gasteiger partial charge >= 0.3 is 5.97 Å². The second-order valence-corrected chi connectivity index (χ2v) is 6.49. The Morgan fingerprint density at radius 3 is 2.57 bits per heavy atom. The molecule has 1 aromatic carbocycles. The van der Waals surface area contributed by atoms with E-state index in [9.17, 15) is 14.4 Å². The van der Waals surface area contributed by atoms with E-state index in [0.29, 0.717) is 22.7 Å². The summed E-state index contributed by atoms with van der Waals surface area (Å²) in [6, 6.07) is 6.65. The number of ether oxygens (including phenoxy) is 3. The first-order valence-electron chi connectivity index (χ1n) is 8.47. The number of rotatable bonds is 9. The second-order valence-electron chi connectivity index (χ2n) is 5.71. The van der Waals surface area contributed by atoms with Gasteiger partial charge in [0.2, 0.25) is 0 Å². The van der Waals surface area contributed by atoms with Gasteiger partial charge in [0.05, 0.1) is 26.3 Å². The van der Waals surface area contributed by atoms with Crippen molar-refractivity contribution in [1.82, 2.24) is 5.32 Å². The number of hydrogen-bond donors (Lipinski definition) is 2. The molecule has 28 heavy (non-hydrogen) atoms. The van der Waals surface area contributed by atoms with Crippen LogP contribution in [0.25, 0.3) is 0 Å². The first kappa shape index (κ1) is 21.2. The van der Waals surface area contributed by atoms with Gasteiger partial charge in [-0.05, 0) is 30.5 Å². The van der Waals surface area contributed by atoms with Crippen molar-refractivity contribution in [2.45, 2.75) is 19.4 Å². The molecule has 0 aliphatic heterocycles. The van der Waals surface area contributed by atoms with Crippen LogP contribution in [-0.4, -0.2) is 44.7 Å². The molecular weight excluding hydrogens is 384 g/mol. The zero-order chi connectivity index (χ0) is 20.5. The zero-order valence-corrected chi connectivity index (χ0v) is 16.6. The number of methoxy groups -OCH3 is 2. The largest absolute Gasteiger partial charge is 0.497 e. The van der Waals surface area contributed by atoms with Crippen molar-refractivity contribution in [2.75, 3.05) is 26.1 Å². The van der Waals surface area contributed by atoms with Crippen LogP contribution in [0.2, 0.25) is 0 Å². The summed E-state index contributed by atoms with van der Waals surface area (Å²) in [6.07, 6.45) is -1.06. The highest BCUT2D eigenvalue weighted by molar-refractivity contribution is 7.08. The van der Waals surface area contributed by atoms with E-state index in [-0.39, 0.29) is 18.9 Å². The van der Waals surface area contributed by atoms with Crippen molar-refractivity contribution in [3.05, 3.63) is 40.6 Å². The molecule has 2 amide bonds. The van der Waals surface area contributed by atoms with Crippen molar-refractivity contribution in [3.8, 4) is 11.5 Å². The molecule has 0 spiro atoms. The minimum atomic E-state index is -1.02. The molecule has 1 atom stereocenters. The summed E-state index contributed by atoms with van der Waals surface area (Å²) in [4.78, 5) is 36.0. The van der Waals surface area contributed by atoms with Gasteiger partial charge in [-0.1, -0.05) is 0 Å². The molecule has 9 heteroatoms. The van der Waals surface area contributed by atoms with Crippen LogP contribution in [0.4, 0.5) is 5.69 Å². The predicted molar refractivity (Wildman–Crippen MR) is 105 cm³/mol. The van der Waals surface area contributed by atoms with E-state index in [0.717, 1.165) is 0 Å². The number of nitrogens with one attached hydrogen (secondary N) is 2. The monoisotopic (exact) mass is 406 g/mol. The van der Waals surface area contributed by atoms with Crippen LogP contribution >= 0.6 is 11.3 Å². The van der Waals surface area contributed by atoms with Crippen LogP contribution < -0.4 is 20.1 Å². The lowest BCUT2D eigenvalue weighted by Gasteiger charge is -2.16. The van der Waals surface area contributed by atoms with E-state index in [1.165, 1.54) is 32.5 Å². The topological polar surface area (TPSA) is 103 Å². The zero-order valence-electron chi connectivity index (χ0n) is 15.8. The van der Waals surface area contributed by atoms with Crippen LogP contribution in [0.5, 0.6) is 11.5 Å². The molecule has 2 rings (SSSR count). The molecule has 2 aromatic rings. The maximum atomic E-state index is 12.3. The highest BCUT2D eigenvalue weighted by atomic mass is 32.1. The van der Waals surface area contributed by atoms with Crippen LogP contribution in [0.1, 0.15) is 23.7 Å². The molecule has 0 saturated carbocycles. The van der Waals surface area contributed by atoms with Gasteiger partial charge in [0, 0.05) is 23.6 Å². The molecule has 1 unspecified atom stereocenters. The van der Waals surface area contributed by atoms with Gasteiger partial charge in [0.1, 0.15) is 11.5 Å².